The van der Waals surface area contributed by atoms with Gasteiger partial charge in [0, 0.05) is 18.0 Å². The maximum Gasteiger partial charge on any atom is 0.227 e. The molecule has 1 saturated carbocycles. The highest BCUT2D eigenvalue weighted by molar-refractivity contribution is 5.53. The van der Waals surface area contributed by atoms with Gasteiger partial charge in [0.05, 0.1) is 0 Å². The van der Waals surface area contributed by atoms with Crippen LogP contribution in [0.2, 0.25) is 0 Å². The lowest BCUT2D eigenvalue weighted by Gasteiger charge is -2.30. The molecule has 1 aromatic heterocycles. The normalized spacial score (nSPS) is 22.4. The first-order valence-corrected chi connectivity index (χ1v) is 7.52. The molecule has 1 heterocycles. The number of halogens is 1. The lowest BCUT2D eigenvalue weighted by molar-refractivity contribution is 0.248. The van der Waals surface area contributed by atoms with Crippen LogP contribution in [0.1, 0.15) is 31.6 Å². The molecule has 2 unspecified atom stereocenters. The van der Waals surface area contributed by atoms with E-state index in [1.54, 1.807) is 12.1 Å². The van der Waals surface area contributed by atoms with Crippen molar-refractivity contribution in [2.24, 2.45) is 5.92 Å². The summed E-state index contributed by atoms with van der Waals surface area (Å²) in [5.74, 6) is 1.34. The highest BCUT2D eigenvalue weighted by atomic mass is 19.1. The molecule has 3 rings (SSSR count). The van der Waals surface area contributed by atoms with E-state index in [1.165, 1.54) is 37.8 Å². The second-order valence-corrected chi connectivity index (χ2v) is 5.67. The zero-order valence-electron chi connectivity index (χ0n) is 12.2. The number of rotatable bonds is 4. The second-order valence-electron chi connectivity index (χ2n) is 5.67. The van der Waals surface area contributed by atoms with Gasteiger partial charge < -0.3 is 9.84 Å². The second kappa shape index (κ2) is 6.35. The monoisotopic (exact) mass is 289 g/mol. The first-order chi connectivity index (χ1) is 10.3. The Labute approximate surface area is 123 Å². The number of hydrogen-bond donors (Lipinski definition) is 1. The Kier molecular flexibility index (Phi) is 4.29. The predicted octanol–water partition coefficient (Wildman–Crippen LogP) is 3.20. The molecule has 0 amide bonds. The summed E-state index contributed by atoms with van der Waals surface area (Å²) in [5.41, 5.74) is 0.652. The average Bonchev–Trinajstić information content (AvgIpc) is 2.96. The fourth-order valence-corrected chi connectivity index (χ4v) is 3.14. The van der Waals surface area contributed by atoms with Crippen LogP contribution in [0.5, 0.6) is 0 Å². The summed E-state index contributed by atoms with van der Waals surface area (Å²) < 4.78 is 18.6. The van der Waals surface area contributed by atoms with Gasteiger partial charge in [-0.1, -0.05) is 30.1 Å². The van der Waals surface area contributed by atoms with E-state index < -0.39 is 0 Å². The van der Waals surface area contributed by atoms with Crippen molar-refractivity contribution in [3.63, 3.8) is 0 Å². The molecule has 0 spiro atoms. The number of aromatic nitrogens is 2. The minimum absolute atomic E-state index is 0.290. The lowest BCUT2D eigenvalue weighted by atomic mass is 9.82. The van der Waals surface area contributed by atoms with Crippen molar-refractivity contribution >= 4 is 0 Å². The third-order valence-electron chi connectivity index (χ3n) is 4.27. The van der Waals surface area contributed by atoms with Crippen molar-refractivity contribution in [3.05, 3.63) is 36.0 Å². The number of nitrogens with one attached hydrogen (secondary N) is 1. The minimum Gasteiger partial charge on any atom is -0.339 e. The molecule has 0 saturated heterocycles. The summed E-state index contributed by atoms with van der Waals surface area (Å²) >= 11 is 0. The Morgan fingerprint density at radius 1 is 1.33 bits per heavy atom. The third-order valence-corrected chi connectivity index (χ3v) is 4.27. The van der Waals surface area contributed by atoms with Crippen molar-refractivity contribution < 1.29 is 8.91 Å². The Balaban J connectivity index is 1.73. The van der Waals surface area contributed by atoms with Crippen molar-refractivity contribution in [3.8, 4) is 11.4 Å². The Bertz CT molecular complexity index is 599. The minimum atomic E-state index is -0.290. The zero-order valence-corrected chi connectivity index (χ0v) is 12.2. The van der Waals surface area contributed by atoms with Crippen LogP contribution in [0.25, 0.3) is 11.4 Å². The summed E-state index contributed by atoms with van der Waals surface area (Å²) in [5, 5.41) is 7.35. The quantitative estimate of drug-likeness (QED) is 0.939. The van der Waals surface area contributed by atoms with Gasteiger partial charge in [-0.05, 0) is 37.9 Å². The Morgan fingerprint density at radius 2 is 2.19 bits per heavy atom. The largest absolute Gasteiger partial charge is 0.339 e. The Morgan fingerprint density at radius 3 is 3.00 bits per heavy atom. The van der Waals surface area contributed by atoms with E-state index in [0.29, 0.717) is 29.2 Å². The first-order valence-electron chi connectivity index (χ1n) is 7.52. The highest BCUT2D eigenvalue weighted by Gasteiger charge is 2.26. The smallest absolute Gasteiger partial charge is 0.227 e. The van der Waals surface area contributed by atoms with Gasteiger partial charge in [-0.2, -0.15) is 4.98 Å². The zero-order chi connectivity index (χ0) is 14.7. The van der Waals surface area contributed by atoms with Crippen molar-refractivity contribution in [1.82, 2.24) is 15.5 Å². The van der Waals surface area contributed by atoms with E-state index >= 15 is 0 Å². The molecular weight excluding hydrogens is 269 g/mol. The fraction of sp³-hybridized carbons (Fsp3) is 0.500. The molecule has 5 heteroatoms. The molecular formula is C16H20FN3O. The lowest BCUT2D eigenvalue weighted by Crippen LogP contribution is -2.37. The molecule has 21 heavy (non-hydrogen) atoms. The molecule has 2 aromatic rings. The third kappa shape index (κ3) is 3.29. The van der Waals surface area contributed by atoms with E-state index in [4.69, 9.17) is 4.52 Å². The molecule has 0 aliphatic heterocycles. The van der Waals surface area contributed by atoms with E-state index in [1.807, 2.05) is 7.05 Å². The molecule has 1 aliphatic rings. The summed E-state index contributed by atoms with van der Waals surface area (Å²) in [6.45, 7) is 0. The van der Waals surface area contributed by atoms with Gasteiger partial charge in [-0.25, -0.2) is 4.39 Å². The molecule has 1 fully saturated rings. The maximum absolute atomic E-state index is 13.2. The van der Waals surface area contributed by atoms with Crippen LogP contribution >= 0.6 is 0 Å². The molecule has 0 bridgehead atoms. The van der Waals surface area contributed by atoms with Crippen LogP contribution < -0.4 is 5.32 Å². The summed E-state index contributed by atoms with van der Waals surface area (Å²) in [4.78, 5) is 4.41. The van der Waals surface area contributed by atoms with E-state index in [0.717, 1.165) is 6.42 Å². The topological polar surface area (TPSA) is 51.0 Å². The predicted molar refractivity (Wildman–Crippen MR) is 78.2 cm³/mol. The molecule has 0 radical (unpaired) electrons. The summed E-state index contributed by atoms with van der Waals surface area (Å²) in [7, 11) is 2.01. The van der Waals surface area contributed by atoms with Crippen LogP contribution in [0.3, 0.4) is 0 Å². The maximum atomic E-state index is 13.2. The van der Waals surface area contributed by atoms with Crippen molar-refractivity contribution in [2.75, 3.05) is 7.05 Å². The van der Waals surface area contributed by atoms with Gasteiger partial charge in [0.1, 0.15) is 5.82 Å². The van der Waals surface area contributed by atoms with Crippen LogP contribution in [-0.4, -0.2) is 23.2 Å². The van der Waals surface area contributed by atoms with E-state index in [9.17, 15) is 4.39 Å². The molecule has 112 valence electrons. The average molecular weight is 289 g/mol. The standard InChI is InChI=1S/C16H20FN3O/c1-18-14-8-3-2-5-11(14)10-15-19-16(20-21-15)12-6-4-7-13(17)9-12/h4,6-7,9,11,14,18H,2-3,5,8,10H2,1H3. The molecule has 4 nitrogen and oxygen atoms in total. The summed E-state index contributed by atoms with van der Waals surface area (Å²) in [6, 6.07) is 6.78. The molecule has 1 aromatic carbocycles. The van der Waals surface area contributed by atoms with Crippen molar-refractivity contribution in [2.45, 2.75) is 38.1 Å². The number of nitrogens with zero attached hydrogens (tertiary/aromatic N) is 2. The van der Waals surface area contributed by atoms with E-state index in [-0.39, 0.29) is 5.82 Å². The fourth-order valence-electron chi connectivity index (χ4n) is 3.14. The summed E-state index contributed by atoms with van der Waals surface area (Å²) in [6.07, 6.45) is 5.71. The van der Waals surface area contributed by atoms with Crippen LogP contribution in [0.15, 0.2) is 28.8 Å². The van der Waals surface area contributed by atoms with Gasteiger partial charge in [0.2, 0.25) is 11.7 Å². The van der Waals surface area contributed by atoms with Crippen LogP contribution in [0, 0.1) is 11.7 Å². The van der Waals surface area contributed by atoms with Crippen molar-refractivity contribution in [1.29, 1.82) is 0 Å². The molecule has 1 aliphatic carbocycles. The highest BCUT2D eigenvalue weighted by Crippen LogP contribution is 2.27. The van der Waals surface area contributed by atoms with Crippen LogP contribution in [-0.2, 0) is 6.42 Å². The number of hydrogen-bond acceptors (Lipinski definition) is 4. The Hall–Kier alpha value is -1.75. The van der Waals surface area contributed by atoms with Gasteiger partial charge >= 0.3 is 0 Å². The van der Waals surface area contributed by atoms with E-state index in [2.05, 4.69) is 15.5 Å². The first kappa shape index (κ1) is 14.2. The molecule has 1 N–H and O–H groups in total. The van der Waals surface area contributed by atoms with Gasteiger partial charge in [-0.3, -0.25) is 0 Å². The van der Waals surface area contributed by atoms with Gasteiger partial charge in [0.15, 0.2) is 0 Å². The van der Waals surface area contributed by atoms with Crippen LogP contribution in [0.4, 0.5) is 4.39 Å². The van der Waals surface area contributed by atoms with Gasteiger partial charge in [-0.15, -0.1) is 0 Å². The van der Waals surface area contributed by atoms with Gasteiger partial charge in [0.25, 0.3) is 0 Å². The SMILES string of the molecule is CNC1CCCCC1Cc1nc(-c2cccc(F)c2)no1. The number of benzene rings is 1. The molecule has 2 atom stereocenters.